The number of likely N-dealkylation sites (N-methyl/N-ethyl adjacent to an activating group) is 1. The number of carbonyl (C=O) groups excluding carboxylic acids is 1. The second kappa shape index (κ2) is 6.74. The van der Waals surface area contributed by atoms with Crippen LogP contribution in [0.15, 0.2) is 0 Å². The molecule has 0 aromatic carbocycles. The van der Waals surface area contributed by atoms with E-state index in [2.05, 4.69) is 0 Å². The lowest BCUT2D eigenvalue weighted by Gasteiger charge is -2.30. The van der Waals surface area contributed by atoms with Gasteiger partial charge in [0.2, 0.25) is 0 Å². The van der Waals surface area contributed by atoms with Crippen molar-refractivity contribution in [3.63, 3.8) is 0 Å². The third kappa shape index (κ3) is 3.67. The number of urea groups is 1. The Morgan fingerprint density at radius 1 is 1.31 bits per heavy atom. The van der Waals surface area contributed by atoms with Crippen LogP contribution < -0.4 is 0 Å². The summed E-state index contributed by atoms with van der Waals surface area (Å²) in [7, 11) is 3.53. The van der Waals surface area contributed by atoms with Gasteiger partial charge in [-0.1, -0.05) is 12.8 Å². The molecular formula is C12H24N2O2. The van der Waals surface area contributed by atoms with Crippen LogP contribution in [0.1, 0.15) is 32.6 Å². The van der Waals surface area contributed by atoms with E-state index in [0.717, 1.165) is 25.9 Å². The largest absolute Gasteiger partial charge is 0.383 e. The topological polar surface area (TPSA) is 32.8 Å². The molecule has 0 N–H and O–H groups in total. The molecule has 1 aliphatic rings. The molecule has 94 valence electrons. The highest BCUT2D eigenvalue weighted by atomic mass is 16.5. The first-order chi connectivity index (χ1) is 7.66. The van der Waals surface area contributed by atoms with E-state index >= 15 is 0 Å². The predicted molar refractivity (Wildman–Crippen MR) is 64.5 cm³/mol. The molecule has 1 fully saturated rings. The molecule has 0 radical (unpaired) electrons. The first kappa shape index (κ1) is 13.3. The zero-order valence-corrected chi connectivity index (χ0v) is 10.7. The van der Waals surface area contributed by atoms with Gasteiger partial charge in [0, 0.05) is 27.2 Å². The van der Waals surface area contributed by atoms with E-state index in [1.54, 1.807) is 12.0 Å². The van der Waals surface area contributed by atoms with Gasteiger partial charge in [0.15, 0.2) is 0 Å². The Bertz CT molecular complexity index is 213. The highest BCUT2D eigenvalue weighted by molar-refractivity contribution is 5.74. The minimum atomic E-state index is 0.140. The molecule has 4 nitrogen and oxygen atoms in total. The summed E-state index contributed by atoms with van der Waals surface area (Å²) in [5.74, 6) is 0. The van der Waals surface area contributed by atoms with Gasteiger partial charge in [-0.25, -0.2) is 4.79 Å². The zero-order valence-electron chi connectivity index (χ0n) is 10.7. The molecule has 1 saturated heterocycles. The summed E-state index contributed by atoms with van der Waals surface area (Å²) >= 11 is 0. The normalized spacial score (nSPS) is 19.1. The van der Waals surface area contributed by atoms with Gasteiger partial charge in [-0.2, -0.15) is 0 Å². The van der Waals surface area contributed by atoms with Crippen molar-refractivity contribution in [1.82, 2.24) is 9.80 Å². The van der Waals surface area contributed by atoms with E-state index in [9.17, 15) is 4.79 Å². The molecule has 16 heavy (non-hydrogen) atoms. The summed E-state index contributed by atoms with van der Waals surface area (Å²) in [4.78, 5) is 15.9. The molecule has 0 saturated carbocycles. The molecule has 1 heterocycles. The standard InChI is InChI=1S/C12H24N2O2/c1-11(10-16-3)13(2)12(15)14-8-6-4-5-7-9-14/h11H,4-10H2,1-3H3. The van der Waals surface area contributed by atoms with E-state index in [-0.39, 0.29) is 12.1 Å². The molecule has 4 heteroatoms. The Labute approximate surface area is 98.5 Å². The van der Waals surface area contributed by atoms with Crippen molar-refractivity contribution >= 4 is 6.03 Å². The Morgan fingerprint density at radius 3 is 2.38 bits per heavy atom. The molecule has 1 aliphatic heterocycles. The highest BCUT2D eigenvalue weighted by Gasteiger charge is 2.22. The minimum absolute atomic E-state index is 0.140. The van der Waals surface area contributed by atoms with Gasteiger partial charge >= 0.3 is 6.03 Å². The van der Waals surface area contributed by atoms with Crippen molar-refractivity contribution in [3.8, 4) is 0 Å². The minimum Gasteiger partial charge on any atom is -0.383 e. The van der Waals surface area contributed by atoms with Crippen LogP contribution in [0, 0.1) is 0 Å². The van der Waals surface area contributed by atoms with Gasteiger partial charge in [-0.05, 0) is 19.8 Å². The van der Waals surface area contributed by atoms with Crippen molar-refractivity contribution < 1.29 is 9.53 Å². The van der Waals surface area contributed by atoms with Crippen LogP contribution in [0.25, 0.3) is 0 Å². The lowest BCUT2D eigenvalue weighted by Crippen LogP contribution is -2.46. The predicted octanol–water partition coefficient (Wildman–Crippen LogP) is 1.95. The second-order valence-electron chi connectivity index (χ2n) is 4.60. The second-order valence-corrected chi connectivity index (χ2v) is 4.60. The van der Waals surface area contributed by atoms with Gasteiger partial charge in [-0.15, -0.1) is 0 Å². The third-order valence-corrected chi connectivity index (χ3v) is 3.25. The van der Waals surface area contributed by atoms with Crippen molar-refractivity contribution in [2.75, 3.05) is 33.9 Å². The van der Waals surface area contributed by atoms with E-state index < -0.39 is 0 Å². The number of methoxy groups -OCH3 is 1. The maximum Gasteiger partial charge on any atom is 0.320 e. The SMILES string of the molecule is COCC(C)N(C)C(=O)N1CCCCCC1. The van der Waals surface area contributed by atoms with E-state index in [1.165, 1.54) is 12.8 Å². The van der Waals surface area contributed by atoms with Crippen LogP contribution in [-0.4, -0.2) is 55.7 Å². The lowest BCUT2D eigenvalue weighted by molar-refractivity contribution is 0.106. The number of ether oxygens (including phenoxy) is 1. The van der Waals surface area contributed by atoms with Gasteiger partial charge in [0.1, 0.15) is 0 Å². The number of rotatable bonds is 3. The Morgan fingerprint density at radius 2 is 1.88 bits per heavy atom. The van der Waals surface area contributed by atoms with Crippen LogP contribution >= 0.6 is 0 Å². The summed E-state index contributed by atoms with van der Waals surface area (Å²) in [6.45, 7) is 4.42. The van der Waals surface area contributed by atoms with Crippen LogP contribution in [0.3, 0.4) is 0 Å². The molecule has 0 spiro atoms. The highest BCUT2D eigenvalue weighted by Crippen LogP contribution is 2.12. The lowest BCUT2D eigenvalue weighted by atomic mass is 10.2. The van der Waals surface area contributed by atoms with Crippen LogP contribution in [0.5, 0.6) is 0 Å². The average molecular weight is 228 g/mol. The smallest absolute Gasteiger partial charge is 0.320 e. The van der Waals surface area contributed by atoms with Gasteiger partial charge in [0.25, 0.3) is 0 Å². The molecular weight excluding hydrogens is 204 g/mol. The van der Waals surface area contributed by atoms with Gasteiger partial charge in [-0.3, -0.25) is 0 Å². The summed E-state index contributed by atoms with van der Waals surface area (Å²) in [6.07, 6.45) is 4.78. The Hall–Kier alpha value is -0.770. The molecule has 2 amide bonds. The molecule has 0 aromatic rings. The summed E-state index contributed by atoms with van der Waals surface area (Å²) in [6, 6.07) is 0.284. The molecule has 0 aromatic heterocycles. The fourth-order valence-electron chi connectivity index (χ4n) is 2.03. The number of hydrogen-bond acceptors (Lipinski definition) is 2. The molecule has 1 atom stereocenters. The van der Waals surface area contributed by atoms with Crippen molar-refractivity contribution in [1.29, 1.82) is 0 Å². The Kier molecular flexibility index (Phi) is 5.60. The number of nitrogens with zero attached hydrogens (tertiary/aromatic N) is 2. The monoisotopic (exact) mass is 228 g/mol. The van der Waals surface area contributed by atoms with Crippen molar-refractivity contribution in [2.24, 2.45) is 0 Å². The Balaban J connectivity index is 2.47. The maximum absolute atomic E-state index is 12.2. The molecule has 1 unspecified atom stereocenters. The molecule has 1 rings (SSSR count). The van der Waals surface area contributed by atoms with E-state index in [0.29, 0.717) is 6.61 Å². The van der Waals surface area contributed by atoms with E-state index in [1.807, 2.05) is 18.9 Å². The third-order valence-electron chi connectivity index (χ3n) is 3.25. The van der Waals surface area contributed by atoms with Crippen LogP contribution in [-0.2, 0) is 4.74 Å². The number of likely N-dealkylation sites (tertiary alicyclic amines) is 1. The fourth-order valence-corrected chi connectivity index (χ4v) is 2.03. The summed E-state index contributed by atoms with van der Waals surface area (Å²) in [5.41, 5.74) is 0. The maximum atomic E-state index is 12.2. The van der Waals surface area contributed by atoms with Gasteiger partial charge in [0.05, 0.1) is 12.6 Å². The first-order valence-corrected chi connectivity index (χ1v) is 6.17. The summed E-state index contributed by atoms with van der Waals surface area (Å²) < 4.78 is 5.07. The van der Waals surface area contributed by atoms with Crippen molar-refractivity contribution in [2.45, 2.75) is 38.6 Å². The number of carbonyl (C=O) groups is 1. The zero-order chi connectivity index (χ0) is 12.0. The van der Waals surface area contributed by atoms with E-state index in [4.69, 9.17) is 4.74 Å². The van der Waals surface area contributed by atoms with Crippen LogP contribution in [0.2, 0.25) is 0 Å². The molecule has 0 bridgehead atoms. The first-order valence-electron chi connectivity index (χ1n) is 6.17. The van der Waals surface area contributed by atoms with Crippen molar-refractivity contribution in [3.05, 3.63) is 0 Å². The molecule has 0 aliphatic carbocycles. The average Bonchev–Trinajstić information content (AvgIpc) is 2.56. The fraction of sp³-hybridized carbons (Fsp3) is 0.917. The van der Waals surface area contributed by atoms with Gasteiger partial charge < -0.3 is 14.5 Å². The quantitative estimate of drug-likeness (QED) is 0.739. The van der Waals surface area contributed by atoms with Crippen LogP contribution in [0.4, 0.5) is 4.79 Å². The number of amides is 2. The summed E-state index contributed by atoms with van der Waals surface area (Å²) in [5, 5.41) is 0. The number of hydrogen-bond donors (Lipinski definition) is 0.